The van der Waals surface area contributed by atoms with Gasteiger partial charge in [0.2, 0.25) is 0 Å². The Hall–Kier alpha value is -3.15. The second-order valence-corrected chi connectivity index (χ2v) is 4.55. The third-order valence-electron chi connectivity index (χ3n) is 3.19. The van der Waals surface area contributed by atoms with Crippen LogP contribution in [0.2, 0.25) is 0 Å². The number of pyridine rings is 1. The van der Waals surface area contributed by atoms with Crippen LogP contribution >= 0.6 is 0 Å². The Kier molecular flexibility index (Phi) is 3.57. The summed E-state index contributed by atoms with van der Waals surface area (Å²) in [6, 6.07) is 13.2. The zero-order chi connectivity index (χ0) is 15.5. The van der Waals surface area contributed by atoms with Gasteiger partial charge < -0.3 is 9.47 Å². The normalized spacial score (nSPS) is 10.4. The standard InChI is InChI=1S/C16H12N2O4/c1-21-13-6-7-14-15(10-13)17-9-8-16(14)22-12-4-2-11(3-5-12)18(19)20/h2-10H,1H3. The lowest BCUT2D eigenvalue weighted by molar-refractivity contribution is -0.384. The Labute approximate surface area is 126 Å². The third-order valence-corrected chi connectivity index (χ3v) is 3.19. The van der Waals surface area contributed by atoms with Crippen LogP contribution in [0.4, 0.5) is 5.69 Å². The molecule has 0 amide bonds. The molecular formula is C16H12N2O4. The molecule has 0 aliphatic rings. The number of fused-ring (bicyclic) bond motifs is 1. The summed E-state index contributed by atoms with van der Waals surface area (Å²) in [6.07, 6.45) is 1.64. The van der Waals surface area contributed by atoms with Gasteiger partial charge in [0, 0.05) is 29.8 Å². The number of nitro benzene ring substituents is 1. The van der Waals surface area contributed by atoms with Crippen molar-refractivity contribution in [2.24, 2.45) is 0 Å². The van der Waals surface area contributed by atoms with Gasteiger partial charge in [-0.05, 0) is 30.3 Å². The highest BCUT2D eigenvalue weighted by atomic mass is 16.6. The minimum Gasteiger partial charge on any atom is -0.497 e. The molecule has 3 rings (SSSR count). The van der Waals surface area contributed by atoms with Gasteiger partial charge in [-0.15, -0.1) is 0 Å². The van der Waals surface area contributed by atoms with Gasteiger partial charge in [0.1, 0.15) is 17.2 Å². The summed E-state index contributed by atoms with van der Waals surface area (Å²) in [6.45, 7) is 0. The lowest BCUT2D eigenvalue weighted by Crippen LogP contribution is -1.90. The van der Waals surface area contributed by atoms with E-state index in [1.807, 2.05) is 18.2 Å². The van der Waals surface area contributed by atoms with Crippen LogP contribution in [0.3, 0.4) is 0 Å². The fraction of sp³-hybridized carbons (Fsp3) is 0.0625. The first-order chi connectivity index (χ1) is 10.7. The molecule has 0 atom stereocenters. The molecular weight excluding hydrogens is 284 g/mol. The van der Waals surface area contributed by atoms with E-state index in [2.05, 4.69) is 4.98 Å². The summed E-state index contributed by atoms with van der Waals surface area (Å²) in [7, 11) is 1.60. The van der Waals surface area contributed by atoms with Crippen molar-refractivity contribution in [3.63, 3.8) is 0 Å². The number of benzene rings is 2. The van der Waals surface area contributed by atoms with Crippen LogP contribution in [0.25, 0.3) is 10.9 Å². The van der Waals surface area contributed by atoms with Gasteiger partial charge >= 0.3 is 0 Å². The Morgan fingerprint density at radius 3 is 2.45 bits per heavy atom. The molecule has 0 saturated carbocycles. The van der Waals surface area contributed by atoms with Crippen molar-refractivity contribution >= 4 is 16.6 Å². The van der Waals surface area contributed by atoms with Gasteiger partial charge in [0.15, 0.2) is 0 Å². The van der Waals surface area contributed by atoms with Gasteiger partial charge in [-0.25, -0.2) is 0 Å². The van der Waals surface area contributed by atoms with Crippen molar-refractivity contribution in [2.45, 2.75) is 0 Å². The molecule has 0 N–H and O–H groups in total. The number of non-ortho nitro benzene ring substituents is 1. The van der Waals surface area contributed by atoms with Crippen LogP contribution in [0, 0.1) is 10.1 Å². The lowest BCUT2D eigenvalue weighted by atomic mass is 10.2. The lowest BCUT2D eigenvalue weighted by Gasteiger charge is -2.09. The van der Waals surface area contributed by atoms with E-state index >= 15 is 0 Å². The van der Waals surface area contributed by atoms with Crippen molar-refractivity contribution in [2.75, 3.05) is 7.11 Å². The highest BCUT2D eigenvalue weighted by Crippen LogP contribution is 2.31. The Morgan fingerprint density at radius 1 is 1.05 bits per heavy atom. The number of nitro groups is 1. The van der Waals surface area contributed by atoms with Crippen LogP contribution in [-0.4, -0.2) is 17.0 Å². The van der Waals surface area contributed by atoms with E-state index in [1.165, 1.54) is 12.1 Å². The molecule has 0 unspecified atom stereocenters. The largest absolute Gasteiger partial charge is 0.497 e. The molecule has 0 aliphatic carbocycles. The molecule has 0 bridgehead atoms. The summed E-state index contributed by atoms with van der Waals surface area (Å²) in [5.74, 6) is 1.86. The van der Waals surface area contributed by atoms with Crippen molar-refractivity contribution in [1.29, 1.82) is 0 Å². The van der Waals surface area contributed by atoms with E-state index in [0.717, 1.165) is 10.9 Å². The summed E-state index contributed by atoms with van der Waals surface area (Å²) >= 11 is 0. The smallest absolute Gasteiger partial charge is 0.269 e. The van der Waals surface area contributed by atoms with E-state index in [9.17, 15) is 10.1 Å². The van der Waals surface area contributed by atoms with E-state index in [0.29, 0.717) is 17.2 Å². The molecule has 2 aromatic carbocycles. The molecule has 3 aromatic rings. The molecule has 0 radical (unpaired) electrons. The van der Waals surface area contributed by atoms with Crippen molar-refractivity contribution in [3.8, 4) is 17.2 Å². The molecule has 1 heterocycles. The van der Waals surface area contributed by atoms with Crippen LogP contribution in [0.5, 0.6) is 17.2 Å². The number of rotatable bonds is 4. The fourth-order valence-electron chi connectivity index (χ4n) is 2.08. The first-order valence-corrected chi connectivity index (χ1v) is 6.52. The maximum Gasteiger partial charge on any atom is 0.269 e. The van der Waals surface area contributed by atoms with Gasteiger partial charge in [-0.1, -0.05) is 0 Å². The highest BCUT2D eigenvalue weighted by molar-refractivity contribution is 5.86. The second kappa shape index (κ2) is 5.69. The van der Waals surface area contributed by atoms with Gasteiger partial charge in [-0.2, -0.15) is 0 Å². The third kappa shape index (κ3) is 2.67. The van der Waals surface area contributed by atoms with Crippen molar-refractivity contribution in [3.05, 3.63) is 64.8 Å². The molecule has 0 fully saturated rings. The SMILES string of the molecule is COc1ccc2c(Oc3ccc([N+](=O)[O-])cc3)ccnc2c1. The average Bonchev–Trinajstić information content (AvgIpc) is 2.55. The molecule has 22 heavy (non-hydrogen) atoms. The molecule has 110 valence electrons. The zero-order valence-electron chi connectivity index (χ0n) is 11.7. The molecule has 6 nitrogen and oxygen atoms in total. The van der Waals surface area contributed by atoms with Crippen LogP contribution in [0.15, 0.2) is 54.7 Å². The summed E-state index contributed by atoms with van der Waals surface area (Å²) in [5, 5.41) is 11.5. The number of aromatic nitrogens is 1. The highest BCUT2D eigenvalue weighted by Gasteiger charge is 2.08. The molecule has 0 aliphatic heterocycles. The first kappa shape index (κ1) is 13.8. The topological polar surface area (TPSA) is 74.5 Å². The summed E-state index contributed by atoms with van der Waals surface area (Å²) in [5.41, 5.74) is 0.774. The van der Waals surface area contributed by atoms with Crippen LogP contribution in [-0.2, 0) is 0 Å². The first-order valence-electron chi connectivity index (χ1n) is 6.52. The maximum atomic E-state index is 10.7. The van der Waals surface area contributed by atoms with Gasteiger partial charge in [-0.3, -0.25) is 15.1 Å². The number of methoxy groups -OCH3 is 1. The predicted octanol–water partition coefficient (Wildman–Crippen LogP) is 3.94. The van der Waals surface area contributed by atoms with E-state index in [-0.39, 0.29) is 5.69 Å². The minimum atomic E-state index is -0.447. The van der Waals surface area contributed by atoms with Crippen LogP contribution < -0.4 is 9.47 Å². The Morgan fingerprint density at radius 2 is 1.77 bits per heavy atom. The van der Waals surface area contributed by atoms with Gasteiger partial charge in [0.05, 0.1) is 17.5 Å². The fourth-order valence-corrected chi connectivity index (χ4v) is 2.08. The molecule has 1 aromatic heterocycles. The molecule has 0 spiro atoms. The monoisotopic (exact) mass is 296 g/mol. The second-order valence-electron chi connectivity index (χ2n) is 4.55. The zero-order valence-corrected chi connectivity index (χ0v) is 11.7. The predicted molar refractivity (Wildman–Crippen MR) is 81.5 cm³/mol. The number of hydrogen-bond donors (Lipinski definition) is 0. The number of nitrogens with zero attached hydrogens (tertiary/aromatic N) is 2. The maximum absolute atomic E-state index is 10.7. The minimum absolute atomic E-state index is 0.0247. The van der Waals surface area contributed by atoms with Crippen molar-refractivity contribution in [1.82, 2.24) is 4.98 Å². The average molecular weight is 296 g/mol. The molecule has 0 saturated heterocycles. The van der Waals surface area contributed by atoms with E-state index < -0.39 is 4.92 Å². The van der Waals surface area contributed by atoms with Gasteiger partial charge in [0.25, 0.3) is 5.69 Å². The van der Waals surface area contributed by atoms with E-state index in [1.54, 1.807) is 31.5 Å². The van der Waals surface area contributed by atoms with Crippen molar-refractivity contribution < 1.29 is 14.4 Å². The Bertz CT molecular complexity index is 831. The summed E-state index contributed by atoms with van der Waals surface area (Å²) in [4.78, 5) is 14.5. The summed E-state index contributed by atoms with van der Waals surface area (Å²) < 4.78 is 11.0. The van der Waals surface area contributed by atoms with E-state index in [4.69, 9.17) is 9.47 Å². The molecule has 6 heteroatoms. The Balaban J connectivity index is 1.94. The number of ether oxygens (including phenoxy) is 2. The van der Waals surface area contributed by atoms with Crippen LogP contribution in [0.1, 0.15) is 0 Å². The quantitative estimate of drug-likeness (QED) is 0.538. The number of hydrogen-bond acceptors (Lipinski definition) is 5.